The zero-order valence-corrected chi connectivity index (χ0v) is 21.2. The van der Waals surface area contributed by atoms with Gasteiger partial charge in [0, 0.05) is 6.42 Å². The minimum absolute atomic E-state index is 0.00571. The van der Waals surface area contributed by atoms with Crippen molar-refractivity contribution in [1.82, 2.24) is 9.79 Å². The van der Waals surface area contributed by atoms with Gasteiger partial charge in [0.25, 0.3) is 0 Å². The van der Waals surface area contributed by atoms with E-state index in [9.17, 15) is 26.4 Å². The molecule has 37 heavy (non-hydrogen) atoms. The van der Waals surface area contributed by atoms with Crippen molar-refractivity contribution in [1.29, 1.82) is 5.41 Å². The molecule has 2 aromatic rings. The van der Waals surface area contributed by atoms with Gasteiger partial charge in [0.1, 0.15) is 23.7 Å². The highest BCUT2D eigenvalue weighted by molar-refractivity contribution is 7.91. The number of hydroxylamine groups is 1. The second-order valence-corrected chi connectivity index (χ2v) is 11.4. The number of carboxylic acids is 2. The van der Waals surface area contributed by atoms with Gasteiger partial charge in [-0.25, -0.2) is 22.3 Å². The Morgan fingerprint density at radius 2 is 1.62 bits per heavy atom. The molecule has 2 rings (SSSR count). The first-order valence-corrected chi connectivity index (χ1v) is 13.4. The standard InChI is InChI=1S/C21H26N4O10S2/c1-14-6-7-18(17(10-14)34-8-3-9-35-24-21(22)23)36(30,31)15-4-2-5-16(11-15)37(32,33)25(12-19(26)27)13-20(28)29/h2,4-7,10-11H,3,8-9,12-13H2,1H3,(H,26,27)(H,28,29)(H4,22,23,24). The van der Waals surface area contributed by atoms with Gasteiger partial charge in [-0.05, 0) is 42.8 Å². The lowest BCUT2D eigenvalue weighted by Gasteiger charge is -2.19. The lowest BCUT2D eigenvalue weighted by atomic mass is 10.2. The zero-order chi connectivity index (χ0) is 27.8. The third-order valence-electron chi connectivity index (χ3n) is 4.60. The fourth-order valence-corrected chi connectivity index (χ4v) is 5.88. The fourth-order valence-electron chi connectivity index (χ4n) is 3.00. The Morgan fingerprint density at radius 1 is 1.00 bits per heavy atom. The van der Waals surface area contributed by atoms with Crippen LogP contribution in [0.25, 0.3) is 0 Å². The molecule has 16 heteroatoms. The van der Waals surface area contributed by atoms with Crippen molar-refractivity contribution in [2.75, 3.05) is 26.3 Å². The number of rotatable bonds is 14. The lowest BCUT2D eigenvalue weighted by Crippen LogP contribution is -2.39. The fraction of sp³-hybridized carbons (Fsp3) is 0.286. The molecule has 6 N–H and O–H groups in total. The molecular formula is C21H26N4O10S2. The molecule has 0 unspecified atom stereocenters. The first kappa shape index (κ1) is 29.5. The van der Waals surface area contributed by atoms with Gasteiger partial charge >= 0.3 is 11.9 Å². The molecular weight excluding hydrogens is 532 g/mol. The summed E-state index contributed by atoms with van der Waals surface area (Å²) in [4.78, 5) is 25.8. The highest BCUT2D eigenvalue weighted by Crippen LogP contribution is 2.32. The summed E-state index contributed by atoms with van der Waals surface area (Å²) >= 11 is 0. The number of benzene rings is 2. The maximum atomic E-state index is 13.4. The zero-order valence-electron chi connectivity index (χ0n) is 19.6. The Hall–Kier alpha value is -3.73. The number of ether oxygens (including phenoxy) is 1. The van der Waals surface area contributed by atoms with Crippen LogP contribution < -0.4 is 16.0 Å². The van der Waals surface area contributed by atoms with Crippen LogP contribution >= 0.6 is 0 Å². The van der Waals surface area contributed by atoms with Crippen LogP contribution in [0, 0.1) is 12.3 Å². The molecule has 202 valence electrons. The van der Waals surface area contributed by atoms with Crippen LogP contribution in [0.1, 0.15) is 12.0 Å². The normalized spacial score (nSPS) is 11.7. The molecule has 0 radical (unpaired) electrons. The van der Waals surface area contributed by atoms with Crippen molar-refractivity contribution in [2.45, 2.75) is 28.0 Å². The maximum absolute atomic E-state index is 13.4. The number of nitrogens with zero attached hydrogens (tertiary/aromatic N) is 1. The van der Waals surface area contributed by atoms with Gasteiger partial charge in [-0.2, -0.15) is 4.31 Å². The van der Waals surface area contributed by atoms with E-state index in [1.165, 1.54) is 18.2 Å². The summed E-state index contributed by atoms with van der Waals surface area (Å²) in [5, 5.41) is 25.0. The van der Waals surface area contributed by atoms with Gasteiger partial charge < -0.3 is 20.7 Å². The van der Waals surface area contributed by atoms with E-state index in [-0.39, 0.29) is 34.1 Å². The molecule has 0 saturated heterocycles. The summed E-state index contributed by atoms with van der Waals surface area (Å²) < 4.78 is 58.6. The number of aryl methyl sites for hydroxylation is 1. The third-order valence-corrected chi connectivity index (χ3v) is 8.17. The van der Waals surface area contributed by atoms with E-state index < -0.39 is 54.7 Å². The van der Waals surface area contributed by atoms with E-state index in [0.29, 0.717) is 12.0 Å². The predicted molar refractivity (Wildman–Crippen MR) is 128 cm³/mol. The van der Waals surface area contributed by atoms with Gasteiger partial charge in [0.05, 0.1) is 23.0 Å². The van der Waals surface area contributed by atoms with Crippen molar-refractivity contribution in [3.05, 3.63) is 48.0 Å². The topological polar surface area (TPSA) is 226 Å². The smallest absolute Gasteiger partial charge is 0.318 e. The van der Waals surface area contributed by atoms with Gasteiger partial charge in [0.2, 0.25) is 25.8 Å². The number of sulfonamides is 1. The largest absolute Gasteiger partial charge is 0.492 e. The van der Waals surface area contributed by atoms with Crippen molar-refractivity contribution < 1.29 is 46.2 Å². The minimum Gasteiger partial charge on any atom is -0.492 e. The molecule has 0 aliphatic heterocycles. The Kier molecular flexibility index (Phi) is 9.96. The van der Waals surface area contributed by atoms with Crippen LogP contribution in [0.3, 0.4) is 0 Å². The summed E-state index contributed by atoms with van der Waals surface area (Å²) in [6.45, 7) is -0.397. The number of carbonyl (C=O) groups is 2. The van der Waals surface area contributed by atoms with Crippen molar-refractivity contribution in [2.24, 2.45) is 5.73 Å². The number of guanidine groups is 1. The number of sulfone groups is 1. The Bertz CT molecular complexity index is 1360. The highest BCUT2D eigenvalue weighted by Gasteiger charge is 2.31. The second-order valence-electron chi connectivity index (χ2n) is 7.56. The number of aliphatic carboxylic acids is 2. The Labute approximate surface area is 213 Å². The van der Waals surface area contributed by atoms with Crippen molar-refractivity contribution in [3.63, 3.8) is 0 Å². The highest BCUT2D eigenvalue weighted by atomic mass is 32.2. The van der Waals surface area contributed by atoms with E-state index in [1.54, 1.807) is 6.92 Å². The van der Waals surface area contributed by atoms with Crippen LogP contribution in [0.15, 0.2) is 57.2 Å². The molecule has 0 aromatic heterocycles. The number of nitrogens with one attached hydrogen (secondary N) is 2. The predicted octanol–water partition coefficient (Wildman–Crippen LogP) is 0.171. The van der Waals surface area contributed by atoms with E-state index in [1.807, 2.05) is 0 Å². The maximum Gasteiger partial charge on any atom is 0.318 e. The average Bonchev–Trinajstić information content (AvgIpc) is 2.80. The molecule has 2 aromatic carbocycles. The first-order chi connectivity index (χ1) is 17.2. The first-order valence-electron chi connectivity index (χ1n) is 10.5. The molecule has 0 bridgehead atoms. The van der Waals surface area contributed by atoms with Crippen LogP contribution in [0.5, 0.6) is 5.75 Å². The molecule has 0 atom stereocenters. The van der Waals surface area contributed by atoms with Crippen molar-refractivity contribution in [3.8, 4) is 5.75 Å². The number of carboxylic acid groups (broad SMARTS) is 2. The van der Waals surface area contributed by atoms with Crippen molar-refractivity contribution >= 4 is 37.8 Å². The molecule has 14 nitrogen and oxygen atoms in total. The average molecular weight is 559 g/mol. The summed E-state index contributed by atoms with van der Waals surface area (Å²) in [7, 11) is -9.00. The monoisotopic (exact) mass is 558 g/mol. The second kappa shape index (κ2) is 12.5. The molecule has 0 aliphatic carbocycles. The van der Waals surface area contributed by atoms with Gasteiger partial charge in [0.15, 0.2) is 0 Å². The number of hydrogen-bond donors (Lipinski definition) is 5. The lowest BCUT2D eigenvalue weighted by molar-refractivity contribution is -0.139. The summed E-state index contributed by atoms with van der Waals surface area (Å²) in [5.41, 5.74) is 7.93. The van der Waals surface area contributed by atoms with Crippen LogP contribution in [0.2, 0.25) is 0 Å². The molecule has 0 fully saturated rings. The van der Waals surface area contributed by atoms with E-state index in [0.717, 1.165) is 24.3 Å². The van der Waals surface area contributed by atoms with Crippen LogP contribution in [-0.2, 0) is 34.3 Å². The summed E-state index contributed by atoms with van der Waals surface area (Å²) in [5.74, 6) is -3.55. The summed E-state index contributed by atoms with van der Waals surface area (Å²) in [6, 6.07) is 8.48. The molecule has 0 amide bonds. The van der Waals surface area contributed by atoms with Crippen LogP contribution in [-0.4, -0.2) is 75.6 Å². The van der Waals surface area contributed by atoms with Crippen LogP contribution in [0.4, 0.5) is 0 Å². The van der Waals surface area contributed by atoms with Gasteiger partial charge in [-0.3, -0.25) is 19.8 Å². The molecule has 0 spiro atoms. The third kappa shape index (κ3) is 8.14. The molecule has 0 aliphatic rings. The number of hydrogen-bond acceptors (Lipinski definition) is 9. The van der Waals surface area contributed by atoms with Gasteiger partial charge in [-0.1, -0.05) is 12.1 Å². The van der Waals surface area contributed by atoms with Gasteiger partial charge in [-0.15, -0.1) is 0 Å². The summed E-state index contributed by atoms with van der Waals surface area (Å²) in [6.07, 6.45) is 0.310. The van der Waals surface area contributed by atoms with E-state index in [2.05, 4.69) is 5.48 Å². The molecule has 0 heterocycles. The number of nitrogens with two attached hydrogens (primary N) is 1. The minimum atomic E-state index is -4.67. The Morgan fingerprint density at radius 3 is 2.22 bits per heavy atom. The quantitative estimate of drug-likeness (QED) is 0.0905. The van der Waals surface area contributed by atoms with E-state index >= 15 is 0 Å². The molecule has 0 saturated carbocycles. The Balaban J connectivity index is 2.38. The van der Waals surface area contributed by atoms with E-state index in [4.69, 9.17) is 30.9 Å². The SMILES string of the molecule is Cc1ccc(S(=O)(=O)c2cccc(S(=O)(=O)N(CC(=O)O)CC(=O)O)c2)c(OCCCONC(=N)N)c1.